The number of hydrogen-bond acceptors (Lipinski definition) is 4. The maximum Gasteiger partial charge on any atom is 0.322 e. The number of anilines is 1. The Hall–Kier alpha value is -2.38. The molecular formula is C21H25N3O3S. The van der Waals surface area contributed by atoms with Gasteiger partial charge in [0.05, 0.1) is 17.5 Å². The van der Waals surface area contributed by atoms with Gasteiger partial charge in [0.1, 0.15) is 0 Å². The van der Waals surface area contributed by atoms with Gasteiger partial charge in [-0.05, 0) is 24.6 Å². The molecule has 2 saturated heterocycles. The van der Waals surface area contributed by atoms with E-state index in [0.717, 1.165) is 16.8 Å². The number of nitrogens with zero attached hydrogens (tertiary/aromatic N) is 2. The third kappa shape index (κ3) is 4.05. The van der Waals surface area contributed by atoms with Crippen molar-refractivity contribution in [1.29, 1.82) is 0 Å². The number of nitrogens with one attached hydrogen (secondary N) is 1. The fraction of sp³-hybridized carbons (Fsp3) is 0.381. The van der Waals surface area contributed by atoms with Gasteiger partial charge in [0.15, 0.2) is 9.84 Å². The molecule has 0 aliphatic carbocycles. The molecule has 4 rings (SSSR count). The summed E-state index contributed by atoms with van der Waals surface area (Å²) < 4.78 is 24.7. The minimum absolute atomic E-state index is 0.0320. The first-order chi connectivity index (χ1) is 13.4. The monoisotopic (exact) mass is 399 g/mol. The third-order valence-corrected chi connectivity index (χ3v) is 7.28. The van der Waals surface area contributed by atoms with Gasteiger partial charge in [0, 0.05) is 31.4 Å². The van der Waals surface area contributed by atoms with E-state index in [1.54, 1.807) is 4.90 Å². The SMILES string of the molecule is Cc1ccc(NC(=O)N2CCN(Cc3ccccc3)[C@@H]3CS(=O)(=O)C[C@@H]32)cc1. The Kier molecular flexibility index (Phi) is 5.12. The van der Waals surface area contributed by atoms with Crippen LogP contribution in [-0.2, 0) is 16.4 Å². The molecule has 2 aliphatic rings. The molecule has 2 aliphatic heterocycles. The van der Waals surface area contributed by atoms with Crippen LogP contribution in [0.2, 0.25) is 0 Å². The zero-order valence-corrected chi connectivity index (χ0v) is 16.7. The van der Waals surface area contributed by atoms with Gasteiger partial charge in [-0.15, -0.1) is 0 Å². The van der Waals surface area contributed by atoms with E-state index in [-0.39, 0.29) is 29.6 Å². The van der Waals surface area contributed by atoms with Crippen LogP contribution in [0.4, 0.5) is 10.5 Å². The molecule has 0 unspecified atom stereocenters. The van der Waals surface area contributed by atoms with Crippen molar-refractivity contribution < 1.29 is 13.2 Å². The van der Waals surface area contributed by atoms with Crippen LogP contribution in [0.15, 0.2) is 54.6 Å². The summed E-state index contributed by atoms with van der Waals surface area (Å²) in [5.74, 6) is 0.142. The minimum atomic E-state index is -3.16. The van der Waals surface area contributed by atoms with Gasteiger partial charge in [-0.2, -0.15) is 0 Å². The molecule has 7 heteroatoms. The molecule has 2 aromatic rings. The molecule has 0 bridgehead atoms. The van der Waals surface area contributed by atoms with Crippen molar-refractivity contribution >= 4 is 21.6 Å². The van der Waals surface area contributed by atoms with Gasteiger partial charge in [-0.1, -0.05) is 48.0 Å². The summed E-state index contributed by atoms with van der Waals surface area (Å²) in [6.45, 7) is 3.87. The van der Waals surface area contributed by atoms with E-state index in [1.165, 1.54) is 0 Å². The Morgan fingerprint density at radius 1 is 1.00 bits per heavy atom. The average molecular weight is 400 g/mol. The van der Waals surface area contributed by atoms with Gasteiger partial charge >= 0.3 is 6.03 Å². The number of fused-ring (bicyclic) bond motifs is 1. The Balaban J connectivity index is 1.51. The first-order valence-corrected chi connectivity index (χ1v) is 11.4. The smallest absolute Gasteiger partial charge is 0.318 e. The molecule has 1 N–H and O–H groups in total. The predicted molar refractivity (Wildman–Crippen MR) is 110 cm³/mol. The second-order valence-electron chi connectivity index (χ2n) is 7.66. The van der Waals surface area contributed by atoms with E-state index >= 15 is 0 Å². The molecule has 148 valence electrons. The first kappa shape index (κ1) is 19.0. The summed E-state index contributed by atoms with van der Waals surface area (Å²) in [7, 11) is -3.16. The van der Waals surface area contributed by atoms with Crippen molar-refractivity contribution in [1.82, 2.24) is 9.80 Å². The third-order valence-electron chi connectivity index (χ3n) is 5.58. The van der Waals surface area contributed by atoms with Gasteiger partial charge in [0.25, 0.3) is 0 Å². The van der Waals surface area contributed by atoms with E-state index in [1.807, 2.05) is 49.4 Å². The lowest BCUT2D eigenvalue weighted by atomic mass is 10.0. The lowest BCUT2D eigenvalue weighted by Gasteiger charge is -2.43. The number of benzene rings is 2. The number of urea groups is 1. The van der Waals surface area contributed by atoms with Gasteiger partial charge < -0.3 is 10.2 Å². The van der Waals surface area contributed by atoms with Crippen molar-refractivity contribution in [3.05, 3.63) is 65.7 Å². The standard InChI is InChI=1S/C21H25N3O3S/c1-16-7-9-18(10-8-16)22-21(25)24-12-11-23(13-17-5-3-2-4-6-17)19-14-28(26,27)15-20(19)24/h2-10,19-20H,11-15H2,1H3,(H,22,25)/t19-,20+/m1/s1. The van der Waals surface area contributed by atoms with E-state index in [0.29, 0.717) is 19.6 Å². The van der Waals surface area contributed by atoms with Crippen LogP contribution in [0.1, 0.15) is 11.1 Å². The number of sulfone groups is 1. The van der Waals surface area contributed by atoms with Gasteiger partial charge in [-0.3, -0.25) is 4.90 Å². The van der Waals surface area contributed by atoms with Crippen LogP contribution >= 0.6 is 0 Å². The maximum atomic E-state index is 12.9. The quantitative estimate of drug-likeness (QED) is 0.861. The van der Waals surface area contributed by atoms with E-state index in [4.69, 9.17) is 0 Å². The Labute approximate surface area is 166 Å². The number of aryl methyl sites for hydroxylation is 1. The molecule has 6 nitrogen and oxygen atoms in total. The summed E-state index contributed by atoms with van der Waals surface area (Å²) in [4.78, 5) is 16.8. The Bertz CT molecular complexity index is 945. The zero-order chi connectivity index (χ0) is 19.7. The molecule has 0 spiro atoms. The molecule has 28 heavy (non-hydrogen) atoms. The van der Waals surface area contributed by atoms with Crippen LogP contribution < -0.4 is 5.32 Å². The first-order valence-electron chi connectivity index (χ1n) is 9.54. The van der Waals surface area contributed by atoms with Gasteiger partial charge in [0.2, 0.25) is 0 Å². The minimum Gasteiger partial charge on any atom is -0.318 e. The summed E-state index contributed by atoms with van der Waals surface area (Å²) in [5, 5.41) is 2.92. The number of hydrogen-bond donors (Lipinski definition) is 1. The highest BCUT2D eigenvalue weighted by atomic mass is 32.2. The highest BCUT2D eigenvalue weighted by molar-refractivity contribution is 7.91. The number of carbonyl (C=O) groups excluding carboxylic acids is 1. The Morgan fingerprint density at radius 2 is 1.68 bits per heavy atom. The molecule has 2 atom stereocenters. The van der Waals surface area contributed by atoms with Crippen LogP contribution in [0.5, 0.6) is 0 Å². The molecule has 2 fully saturated rings. The topological polar surface area (TPSA) is 69.7 Å². The molecule has 0 aromatic heterocycles. The number of carbonyl (C=O) groups is 1. The zero-order valence-electron chi connectivity index (χ0n) is 15.9. The molecule has 2 amide bonds. The van der Waals surface area contributed by atoms with Gasteiger partial charge in [-0.25, -0.2) is 13.2 Å². The van der Waals surface area contributed by atoms with Crippen LogP contribution in [0.25, 0.3) is 0 Å². The highest BCUT2D eigenvalue weighted by Crippen LogP contribution is 2.28. The number of rotatable bonds is 3. The summed E-state index contributed by atoms with van der Waals surface area (Å²) >= 11 is 0. The van der Waals surface area contributed by atoms with E-state index in [2.05, 4.69) is 22.3 Å². The average Bonchev–Trinajstić information content (AvgIpc) is 3.00. The number of piperazine rings is 1. The van der Waals surface area contributed by atoms with Crippen molar-refractivity contribution in [3.8, 4) is 0 Å². The lowest BCUT2D eigenvalue weighted by Crippen LogP contribution is -2.61. The van der Waals surface area contributed by atoms with E-state index < -0.39 is 9.84 Å². The van der Waals surface area contributed by atoms with Crippen molar-refractivity contribution in [2.24, 2.45) is 0 Å². The van der Waals surface area contributed by atoms with Crippen molar-refractivity contribution in [2.75, 3.05) is 29.9 Å². The second-order valence-corrected chi connectivity index (χ2v) is 9.81. The van der Waals surface area contributed by atoms with Crippen LogP contribution in [0, 0.1) is 6.92 Å². The molecular weight excluding hydrogens is 374 g/mol. The van der Waals surface area contributed by atoms with Crippen LogP contribution in [0.3, 0.4) is 0 Å². The fourth-order valence-electron chi connectivity index (χ4n) is 4.12. The lowest BCUT2D eigenvalue weighted by molar-refractivity contribution is 0.0652. The molecule has 2 heterocycles. The van der Waals surface area contributed by atoms with Crippen molar-refractivity contribution in [2.45, 2.75) is 25.6 Å². The molecule has 2 aromatic carbocycles. The largest absolute Gasteiger partial charge is 0.322 e. The summed E-state index contributed by atoms with van der Waals surface area (Å²) in [6, 6.07) is 17.0. The molecule has 0 radical (unpaired) electrons. The second kappa shape index (κ2) is 7.56. The summed E-state index contributed by atoms with van der Waals surface area (Å²) in [6.07, 6.45) is 0. The molecule has 0 saturated carbocycles. The predicted octanol–water partition coefficient (Wildman–Crippen LogP) is 2.51. The Morgan fingerprint density at radius 3 is 2.39 bits per heavy atom. The normalized spacial score (nSPS) is 24.0. The number of amides is 2. The maximum absolute atomic E-state index is 12.9. The summed E-state index contributed by atoms with van der Waals surface area (Å²) in [5.41, 5.74) is 3.00. The highest BCUT2D eigenvalue weighted by Gasteiger charge is 2.48. The van der Waals surface area contributed by atoms with Crippen molar-refractivity contribution in [3.63, 3.8) is 0 Å². The van der Waals surface area contributed by atoms with E-state index in [9.17, 15) is 13.2 Å². The van der Waals surface area contributed by atoms with Crippen LogP contribution in [-0.4, -0.2) is 60.9 Å². The fourth-order valence-corrected chi connectivity index (χ4v) is 6.14.